The van der Waals surface area contributed by atoms with Gasteiger partial charge in [0.1, 0.15) is 5.82 Å². The van der Waals surface area contributed by atoms with Crippen LogP contribution in [0.5, 0.6) is 0 Å². The summed E-state index contributed by atoms with van der Waals surface area (Å²) in [6.45, 7) is 7.51. The van der Waals surface area contributed by atoms with Gasteiger partial charge in [0, 0.05) is 5.56 Å². The summed E-state index contributed by atoms with van der Waals surface area (Å²) in [4.78, 5) is 0. The Hall–Kier alpha value is -0.905. The van der Waals surface area contributed by atoms with E-state index in [1.807, 2.05) is 27.7 Å². The number of halogens is 1. The van der Waals surface area contributed by atoms with Crippen LogP contribution in [0.15, 0.2) is 18.2 Å². The van der Waals surface area contributed by atoms with E-state index in [2.05, 4.69) is 0 Å². The summed E-state index contributed by atoms with van der Waals surface area (Å²) >= 11 is 0. The maximum Gasteiger partial charge on any atom is 0.494 e. The molecule has 0 spiro atoms. The zero-order chi connectivity index (χ0) is 13.6. The predicted octanol–water partition coefficient (Wildman–Crippen LogP) is 1.62. The summed E-state index contributed by atoms with van der Waals surface area (Å²) in [7, 11) is -0.527. The zero-order valence-electron chi connectivity index (χ0n) is 11.2. The predicted molar refractivity (Wildman–Crippen MR) is 68.0 cm³/mol. The first-order valence-electron chi connectivity index (χ1n) is 6.02. The average Bonchev–Trinajstić information content (AvgIpc) is 2.49. The second-order valence-electron chi connectivity index (χ2n) is 5.60. The van der Waals surface area contributed by atoms with E-state index in [-0.39, 0.29) is 12.2 Å². The van der Waals surface area contributed by atoms with Crippen LogP contribution in [0.25, 0.3) is 0 Å². The van der Waals surface area contributed by atoms with Crippen molar-refractivity contribution in [3.05, 3.63) is 29.6 Å². The lowest BCUT2D eigenvalue weighted by Crippen LogP contribution is -2.41. The fourth-order valence-electron chi connectivity index (χ4n) is 1.84. The molecule has 2 rings (SSSR count). The Kier molecular flexibility index (Phi) is 3.26. The minimum atomic E-state index is -0.527. The van der Waals surface area contributed by atoms with E-state index in [1.54, 1.807) is 12.1 Å². The molecule has 1 fully saturated rings. The minimum Gasteiger partial charge on any atom is -0.399 e. The summed E-state index contributed by atoms with van der Waals surface area (Å²) in [6.07, 6.45) is 0. The molecule has 0 bridgehead atoms. The van der Waals surface area contributed by atoms with Crippen molar-refractivity contribution in [2.75, 3.05) is 0 Å². The number of rotatable bonds is 2. The highest BCUT2D eigenvalue weighted by atomic mass is 19.1. The molecule has 3 nitrogen and oxygen atoms in total. The zero-order valence-corrected chi connectivity index (χ0v) is 11.2. The molecule has 18 heavy (non-hydrogen) atoms. The van der Waals surface area contributed by atoms with Gasteiger partial charge in [-0.3, -0.25) is 0 Å². The molecule has 0 saturated carbocycles. The van der Waals surface area contributed by atoms with Gasteiger partial charge in [0.25, 0.3) is 0 Å². The summed E-state index contributed by atoms with van der Waals surface area (Å²) in [5, 5.41) is 9.07. The summed E-state index contributed by atoms with van der Waals surface area (Å²) in [5.74, 6) is -0.419. The molecule has 0 aliphatic carbocycles. The van der Waals surface area contributed by atoms with Gasteiger partial charge < -0.3 is 14.4 Å². The Balaban J connectivity index is 2.30. The second kappa shape index (κ2) is 4.33. The van der Waals surface area contributed by atoms with Gasteiger partial charge in [-0.05, 0) is 39.2 Å². The molecule has 1 heterocycles. The van der Waals surface area contributed by atoms with E-state index in [9.17, 15) is 4.39 Å². The van der Waals surface area contributed by atoms with Crippen molar-refractivity contribution in [1.29, 1.82) is 0 Å². The van der Waals surface area contributed by atoms with E-state index in [1.165, 1.54) is 6.07 Å². The number of aliphatic hydroxyl groups is 1. The maximum atomic E-state index is 13.3. The van der Waals surface area contributed by atoms with Gasteiger partial charge in [-0.15, -0.1) is 0 Å². The Morgan fingerprint density at radius 3 is 2.22 bits per heavy atom. The lowest BCUT2D eigenvalue weighted by atomic mass is 9.78. The van der Waals surface area contributed by atoms with Crippen LogP contribution in [-0.4, -0.2) is 23.4 Å². The molecule has 98 valence electrons. The van der Waals surface area contributed by atoms with E-state index < -0.39 is 24.1 Å². The maximum absolute atomic E-state index is 13.3. The fraction of sp³-hybridized carbons (Fsp3) is 0.538. The Morgan fingerprint density at radius 1 is 1.17 bits per heavy atom. The van der Waals surface area contributed by atoms with Crippen LogP contribution < -0.4 is 5.46 Å². The van der Waals surface area contributed by atoms with Crippen LogP contribution >= 0.6 is 0 Å². The van der Waals surface area contributed by atoms with Crippen molar-refractivity contribution >= 4 is 12.6 Å². The van der Waals surface area contributed by atoms with Crippen LogP contribution in [0, 0.1) is 5.82 Å². The third-order valence-electron chi connectivity index (χ3n) is 3.77. The molecule has 1 aliphatic rings. The molecule has 1 aliphatic heterocycles. The molecule has 0 amide bonds. The van der Waals surface area contributed by atoms with Gasteiger partial charge in [0.2, 0.25) is 0 Å². The van der Waals surface area contributed by atoms with Gasteiger partial charge in [0.15, 0.2) is 0 Å². The normalized spacial score (nSPS) is 21.3. The minimum absolute atomic E-state index is 0.252. The van der Waals surface area contributed by atoms with Crippen LogP contribution in [0.4, 0.5) is 4.39 Å². The van der Waals surface area contributed by atoms with Crippen LogP contribution in [0.3, 0.4) is 0 Å². The van der Waals surface area contributed by atoms with Gasteiger partial charge in [-0.25, -0.2) is 4.39 Å². The van der Waals surface area contributed by atoms with Crippen molar-refractivity contribution in [2.24, 2.45) is 0 Å². The average molecular weight is 252 g/mol. The molecule has 5 heteroatoms. The van der Waals surface area contributed by atoms with Crippen LogP contribution in [0.2, 0.25) is 0 Å². The quantitative estimate of drug-likeness (QED) is 0.813. The topological polar surface area (TPSA) is 38.7 Å². The van der Waals surface area contributed by atoms with Crippen molar-refractivity contribution in [1.82, 2.24) is 0 Å². The monoisotopic (exact) mass is 252 g/mol. The molecule has 0 radical (unpaired) electrons. The molecule has 0 atom stereocenters. The fourth-order valence-corrected chi connectivity index (χ4v) is 1.84. The van der Waals surface area contributed by atoms with E-state index >= 15 is 0 Å². The summed E-state index contributed by atoms with van der Waals surface area (Å²) < 4.78 is 25.0. The van der Waals surface area contributed by atoms with Gasteiger partial charge >= 0.3 is 7.12 Å². The Labute approximate surface area is 107 Å². The van der Waals surface area contributed by atoms with Crippen molar-refractivity contribution < 1.29 is 18.8 Å². The highest BCUT2D eigenvalue weighted by Gasteiger charge is 2.51. The van der Waals surface area contributed by atoms with Crippen molar-refractivity contribution in [3.63, 3.8) is 0 Å². The highest BCUT2D eigenvalue weighted by molar-refractivity contribution is 6.62. The first-order valence-corrected chi connectivity index (χ1v) is 6.02. The van der Waals surface area contributed by atoms with Crippen LogP contribution in [0.1, 0.15) is 33.3 Å². The van der Waals surface area contributed by atoms with E-state index in [0.717, 1.165) is 5.46 Å². The number of benzene rings is 1. The van der Waals surface area contributed by atoms with Gasteiger partial charge in [0.05, 0.1) is 17.8 Å². The molecule has 0 aromatic heterocycles. The second-order valence-corrected chi connectivity index (χ2v) is 5.60. The Morgan fingerprint density at radius 2 is 1.72 bits per heavy atom. The number of hydrogen-bond donors (Lipinski definition) is 1. The summed E-state index contributed by atoms with van der Waals surface area (Å²) in [6, 6.07) is 4.53. The van der Waals surface area contributed by atoms with Crippen molar-refractivity contribution in [2.45, 2.75) is 45.5 Å². The van der Waals surface area contributed by atoms with Gasteiger partial charge in [-0.1, -0.05) is 12.1 Å². The number of aliphatic hydroxyl groups excluding tert-OH is 1. The van der Waals surface area contributed by atoms with Crippen molar-refractivity contribution in [3.8, 4) is 0 Å². The highest BCUT2D eigenvalue weighted by Crippen LogP contribution is 2.36. The lowest BCUT2D eigenvalue weighted by Gasteiger charge is -2.32. The van der Waals surface area contributed by atoms with E-state index in [0.29, 0.717) is 0 Å². The molecule has 1 aromatic rings. The third kappa shape index (κ3) is 2.18. The molecular formula is C13H18BFO3. The summed E-state index contributed by atoms with van der Waals surface area (Å²) in [5.41, 5.74) is 0.123. The number of hydrogen-bond acceptors (Lipinski definition) is 3. The first-order chi connectivity index (χ1) is 8.27. The molecule has 1 N–H and O–H groups in total. The standard InChI is InChI=1S/C13H18BFO3/c1-12(2)13(3,4)18-14(17-12)10-5-6-11(15)9(7-10)8-16/h5-7,16H,8H2,1-4H3. The molecule has 1 aromatic carbocycles. The van der Waals surface area contributed by atoms with Gasteiger partial charge in [-0.2, -0.15) is 0 Å². The first kappa shape index (κ1) is 13.5. The third-order valence-corrected chi connectivity index (χ3v) is 3.77. The molecule has 1 saturated heterocycles. The smallest absolute Gasteiger partial charge is 0.399 e. The van der Waals surface area contributed by atoms with Crippen LogP contribution in [-0.2, 0) is 15.9 Å². The molecular weight excluding hydrogens is 234 g/mol. The van der Waals surface area contributed by atoms with E-state index in [4.69, 9.17) is 14.4 Å². The SMILES string of the molecule is CC1(C)OB(c2ccc(F)c(CO)c2)OC1(C)C. The largest absolute Gasteiger partial charge is 0.494 e. The molecule has 0 unspecified atom stereocenters. The lowest BCUT2D eigenvalue weighted by molar-refractivity contribution is 0.00578. The Bertz CT molecular complexity index is 444.